The van der Waals surface area contributed by atoms with E-state index in [0.717, 1.165) is 13.1 Å². The normalized spacial score (nSPS) is 12.0. The fraction of sp³-hybridized carbons (Fsp3) is 0.900. The Labute approximate surface area is 71.6 Å². The Hall–Kier alpha value is -0.0400. The van der Waals surface area contributed by atoms with Crippen LogP contribution in [0.5, 0.6) is 0 Å². The topological polar surface area (TPSA) is 14.1 Å². The van der Waals surface area contributed by atoms with Gasteiger partial charge in [-0.1, -0.05) is 33.6 Å². The first kappa shape index (κ1) is 11.0. The van der Waals surface area contributed by atoms with Crippen molar-refractivity contribution in [1.82, 2.24) is 5.32 Å². The van der Waals surface area contributed by atoms with Gasteiger partial charge in [0.25, 0.3) is 0 Å². The maximum absolute atomic E-state index is 4.24. The summed E-state index contributed by atoms with van der Waals surface area (Å²) in [5.74, 6) is 0. The van der Waals surface area contributed by atoms with Crippen LogP contribution in [0.3, 0.4) is 0 Å². The molecule has 0 aromatic rings. The van der Waals surface area contributed by atoms with Crippen molar-refractivity contribution in [2.45, 2.75) is 40.0 Å². The van der Waals surface area contributed by atoms with E-state index in [1.165, 1.54) is 19.3 Å². The van der Waals surface area contributed by atoms with Crippen LogP contribution in [0.2, 0.25) is 0 Å². The van der Waals surface area contributed by atoms with Crippen molar-refractivity contribution in [2.75, 3.05) is 13.1 Å². The molecule has 0 spiro atoms. The van der Waals surface area contributed by atoms with Crippen LogP contribution < -0.4 is 5.32 Å². The second kappa shape index (κ2) is 5.59. The maximum atomic E-state index is 4.24. The monoisotopic (exact) mass is 155 g/mol. The summed E-state index contributed by atoms with van der Waals surface area (Å²) in [6.07, 6.45) is 3.74. The molecule has 0 fully saturated rings. The lowest BCUT2D eigenvalue weighted by Gasteiger charge is -2.26. The summed E-state index contributed by atoms with van der Waals surface area (Å²) in [4.78, 5) is 0. The Morgan fingerprint density at radius 2 is 1.82 bits per heavy atom. The minimum Gasteiger partial charge on any atom is -0.242 e. The number of rotatable bonds is 6. The van der Waals surface area contributed by atoms with Crippen molar-refractivity contribution >= 4 is 0 Å². The van der Waals surface area contributed by atoms with E-state index in [-0.39, 0.29) is 0 Å². The third-order valence-electron chi connectivity index (χ3n) is 2.74. The van der Waals surface area contributed by atoms with Crippen LogP contribution in [0.25, 0.3) is 0 Å². The van der Waals surface area contributed by atoms with Gasteiger partial charge in [-0.15, -0.1) is 0 Å². The predicted octanol–water partition coefficient (Wildman–Crippen LogP) is 2.64. The minimum absolute atomic E-state index is 0.513. The Balaban J connectivity index is 3.51. The first-order valence-electron chi connectivity index (χ1n) is 4.61. The molecule has 0 N–H and O–H groups in total. The molecule has 0 amide bonds. The fourth-order valence-electron chi connectivity index (χ4n) is 1.06. The van der Waals surface area contributed by atoms with Gasteiger partial charge in [0.2, 0.25) is 0 Å². The summed E-state index contributed by atoms with van der Waals surface area (Å²) >= 11 is 0. The lowest BCUT2D eigenvalue weighted by Crippen LogP contribution is -2.19. The lowest BCUT2D eigenvalue weighted by atomic mass is 9.81. The van der Waals surface area contributed by atoms with Crippen molar-refractivity contribution in [2.24, 2.45) is 5.41 Å². The summed E-state index contributed by atoms with van der Waals surface area (Å²) < 4.78 is 0. The van der Waals surface area contributed by atoms with Crippen molar-refractivity contribution in [1.29, 1.82) is 0 Å². The van der Waals surface area contributed by atoms with E-state index < -0.39 is 0 Å². The van der Waals surface area contributed by atoms with Gasteiger partial charge in [-0.25, -0.2) is 5.32 Å². The average Bonchev–Trinajstić information content (AvgIpc) is 2.05. The summed E-state index contributed by atoms with van der Waals surface area (Å²) in [7, 11) is 0. The molecule has 0 bridgehead atoms. The Morgan fingerprint density at radius 3 is 2.18 bits per heavy atom. The molecule has 66 valence electrons. The van der Waals surface area contributed by atoms with Crippen LogP contribution >= 0.6 is 0 Å². The third kappa shape index (κ3) is 4.41. The molecule has 1 nitrogen and oxygen atoms in total. The second-order valence-corrected chi connectivity index (χ2v) is 3.44. The second-order valence-electron chi connectivity index (χ2n) is 3.44. The van der Waals surface area contributed by atoms with E-state index >= 15 is 0 Å². The standard InChI is InChI=1S/C10H21N/c1-5-10(4,6-2)8-9-11-7-3/h3,5-9H2,1-2,4H3. The average molecular weight is 155 g/mol. The highest BCUT2D eigenvalue weighted by Gasteiger charge is 2.18. The molecule has 0 saturated heterocycles. The SMILES string of the molecule is [CH2]C[N]CCC(C)(CC)CC. The molecular weight excluding hydrogens is 134 g/mol. The highest BCUT2D eigenvalue weighted by Crippen LogP contribution is 2.28. The molecule has 0 aliphatic rings. The summed E-state index contributed by atoms with van der Waals surface area (Å²) in [5.41, 5.74) is 0.513. The zero-order valence-electron chi connectivity index (χ0n) is 8.19. The van der Waals surface area contributed by atoms with Gasteiger partial charge < -0.3 is 0 Å². The van der Waals surface area contributed by atoms with Crippen LogP contribution in [0, 0.1) is 12.3 Å². The van der Waals surface area contributed by atoms with Gasteiger partial charge in [0.1, 0.15) is 0 Å². The van der Waals surface area contributed by atoms with Crippen molar-refractivity contribution in [3.63, 3.8) is 0 Å². The van der Waals surface area contributed by atoms with Crippen LogP contribution in [-0.4, -0.2) is 13.1 Å². The van der Waals surface area contributed by atoms with Gasteiger partial charge in [-0.05, 0) is 18.8 Å². The van der Waals surface area contributed by atoms with E-state index in [1.807, 2.05) is 0 Å². The van der Waals surface area contributed by atoms with Crippen molar-refractivity contribution < 1.29 is 0 Å². The minimum atomic E-state index is 0.513. The number of nitrogens with zero attached hydrogens (tertiary/aromatic N) is 1. The van der Waals surface area contributed by atoms with E-state index in [9.17, 15) is 0 Å². The van der Waals surface area contributed by atoms with E-state index in [0.29, 0.717) is 5.41 Å². The molecule has 0 aliphatic heterocycles. The highest BCUT2D eigenvalue weighted by atomic mass is 14.8. The predicted molar refractivity (Wildman–Crippen MR) is 50.5 cm³/mol. The molecule has 0 aliphatic carbocycles. The molecule has 0 heterocycles. The van der Waals surface area contributed by atoms with E-state index in [4.69, 9.17) is 0 Å². The smallest absolute Gasteiger partial charge is 0.0138 e. The van der Waals surface area contributed by atoms with Gasteiger partial charge >= 0.3 is 0 Å². The van der Waals surface area contributed by atoms with Crippen molar-refractivity contribution in [3.8, 4) is 0 Å². The summed E-state index contributed by atoms with van der Waals surface area (Å²) in [6, 6.07) is 0. The van der Waals surface area contributed by atoms with Gasteiger partial charge in [0.15, 0.2) is 0 Å². The van der Waals surface area contributed by atoms with Crippen LogP contribution in [0.1, 0.15) is 40.0 Å². The highest BCUT2D eigenvalue weighted by molar-refractivity contribution is 4.71. The lowest BCUT2D eigenvalue weighted by molar-refractivity contribution is 0.269. The van der Waals surface area contributed by atoms with Gasteiger partial charge in [-0.3, -0.25) is 0 Å². The quantitative estimate of drug-likeness (QED) is 0.524. The first-order chi connectivity index (χ1) is 5.18. The van der Waals surface area contributed by atoms with Gasteiger partial charge in [-0.2, -0.15) is 0 Å². The molecule has 0 rings (SSSR count). The van der Waals surface area contributed by atoms with Crippen LogP contribution in [-0.2, 0) is 0 Å². The Bertz CT molecular complexity index is 84.9. The Kier molecular flexibility index (Phi) is 5.57. The van der Waals surface area contributed by atoms with Crippen LogP contribution in [0.4, 0.5) is 0 Å². The first-order valence-corrected chi connectivity index (χ1v) is 4.61. The zero-order chi connectivity index (χ0) is 8.74. The molecule has 0 atom stereocenters. The molecule has 11 heavy (non-hydrogen) atoms. The number of hydrogen-bond acceptors (Lipinski definition) is 0. The molecule has 0 aromatic heterocycles. The molecule has 2 radical (unpaired) electrons. The largest absolute Gasteiger partial charge is 0.242 e. The number of hydrogen-bond donors (Lipinski definition) is 0. The molecule has 0 saturated carbocycles. The third-order valence-corrected chi connectivity index (χ3v) is 2.74. The Morgan fingerprint density at radius 1 is 1.27 bits per heavy atom. The zero-order valence-corrected chi connectivity index (χ0v) is 8.19. The van der Waals surface area contributed by atoms with Crippen LogP contribution in [0.15, 0.2) is 0 Å². The van der Waals surface area contributed by atoms with E-state index in [1.54, 1.807) is 0 Å². The van der Waals surface area contributed by atoms with E-state index in [2.05, 4.69) is 33.0 Å². The molecule has 0 aromatic carbocycles. The fourth-order valence-corrected chi connectivity index (χ4v) is 1.06. The molecular formula is C10H21N. The summed E-state index contributed by atoms with van der Waals surface area (Å²) in [5, 5.41) is 4.24. The maximum Gasteiger partial charge on any atom is 0.0138 e. The summed E-state index contributed by atoms with van der Waals surface area (Å²) in [6.45, 7) is 12.3. The molecule has 1 heteroatoms. The van der Waals surface area contributed by atoms with Gasteiger partial charge in [0.05, 0.1) is 0 Å². The van der Waals surface area contributed by atoms with Gasteiger partial charge in [0, 0.05) is 13.1 Å². The van der Waals surface area contributed by atoms with Crippen molar-refractivity contribution in [3.05, 3.63) is 6.92 Å². The molecule has 0 unspecified atom stereocenters.